The zero-order valence-corrected chi connectivity index (χ0v) is 15.9. The number of piperidine rings is 1. The molecule has 1 aliphatic heterocycles. The lowest BCUT2D eigenvalue weighted by atomic mass is 9.98. The van der Waals surface area contributed by atoms with E-state index >= 15 is 0 Å². The quantitative estimate of drug-likeness (QED) is 0.753. The molecule has 0 spiro atoms. The summed E-state index contributed by atoms with van der Waals surface area (Å²) in [6.07, 6.45) is 5.97. The number of fused-ring (bicyclic) bond motifs is 1. The van der Waals surface area contributed by atoms with Crippen molar-refractivity contribution in [3.8, 4) is 0 Å². The van der Waals surface area contributed by atoms with Crippen LogP contribution in [0.25, 0.3) is 5.65 Å². The van der Waals surface area contributed by atoms with Crippen molar-refractivity contribution >= 4 is 11.6 Å². The van der Waals surface area contributed by atoms with Crippen LogP contribution < -0.4 is 5.32 Å². The lowest BCUT2D eigenvalue weighted by Gasteiger charge is -2.32. The van der Waals surface area contributed by atoms with Gasteiger partial charge in [-0.1, -0.05) is 6.07 Å². The molecule has 0 radical (unpaired) electrons. The summed E-state index contributed by atoms with van der Waals surface area (Å²) in [6, 6.07) is 7.91. The van der Waals surface area contributed by atoms with E-state index in [1.807, 2.05) is 48.7 Å². The molecule has 0 aliphatic carbocycles. The molecule has 27 heavy (non-hydrogen) atoms. The highest BCUT2D eigenvalue weighted by Crippen LogP contribution is 2.19. The Balaban J connectivity index is 1.39. The number of carbonyl (C=O) groups excluding carboxylic acids is 1. The molecule has 1 fully saturated rings. The Bertz CT molecular complexity index is 929. The van der Waals surface area contributed by atoms with Crippen LogP contribution in [0.1, 0.15) is 40.3 Å². The number of imidazole rings is 1. The summed E-state index contributed by atoms with van der Waals surface area (Å²) < 4.78 is 7.35. The number of hydrogen-bond acceptors (Lipinski definition) is 4. The molecule has 6 heteroatoms. The molecule has 0 bridgehead atoms. The van der Waals surface area contributed by atoms with Crippen molar-refractivity contribution < 1.29 is 9.21 Å². The van der Waals surface area contributed by atoms with E-state index in [0.29, 0.717) is 18.2 Å². The van der Waals surface area contributed by atoms with Crippen molar-refractivity contribution in [3.63, 3.8) is 0 Å². The van der Waals surface area contributed by atoms with Crippen molar-refractivity contribution in [3.05, 3.63) is 59.4 Å². The average molecular weight is 366 g/mol. The van der Waals surface area contributed by atoms with Gasteiger partial charge in [0.2, 0.25) is 0 Å². The van der Waals surface area contributed by atoms with E-state index in [-0.39, 0.29) is 5.91 Å². The van der Waals surface area contributed by atoms with Crippen LogP contribution in [0.4, 0.5) is 0 Å². The minimum atomic E-state index is -0.0474. The molecule has 1 amide bonds. The fraction of sp³-hybridized carbons (Fsp3) is 0.429. The minimum Gasteiger partial charge on any atom is -0.468 e. The first kappa shape index (κ1) is 17.8. The van der Waals surface area contributed by atoms with E-state index in [2.05, 4.69) is 15.2 Å². The van der Waals surface area contributed by atoms with Gasteiger partial charge in [-0.2, -0.15) is 0 Å². The second-order valence-electron chi connectivity index (χ2n) is 7.51. The molecule has 1 N–H and O–H groups in total. The monoisotopic (exact) mass is 366 g/mol. The molecule has 0 unspecified atom stereocenters. The molecule has 0 saturated carbocycles. The molecule has 3 aromatic heterocycles. The first-order chi connectivity index (χ1) is 13.1. The maximum atomic E-state index is 12.8. The maximum absolute atomic E-state index is 12.8. The second kappa shape index (κ2) is 7.56. The molecule has 1 aliphatic rings. The van der Waals surface area contributed by atoms with Gasteiger partial charge in [-0.25, -0.2) is 4.98 Å². The van der Waals surface area contributed by atoms with Crippen molar-refractivity contribution in [1.29, 1.82) is 0 Å². The standard InChI is InChI=1S/C21H26N4O2/c1-15-7-8-19-23-16(2)20(25(19)12-15)21(26)22-11-17-5-3-9-24(13-17)14-18-6-4-10-27-18/h4,6-8,10,12,17H,3,5,9,11,13-14H2,1-2H3,(H,22,26)/t17-/m0/s1. The SMILES string of the molecule is Cc1ccc2nc(C)c(C(=O)NC[C@@H]3CCCN(Cc4ccco4)C3)n2c1. The molecule has 142 valence electrons. The highest BCUT2D eigenvalue weighted by molar-refractivity contribution is 5.94. The lowest BCUT2D eigenvalue weighted by Crippen LogP contribution is -2.40. The third kappa shape index (κ3) is 3.90. The summed E-state index contributed by atoms with van der Waals surface area (Å²) in [5.74, 6) is 1.41. The van der Waals surface area contributed by atoms with Crippen molar-refractivity contribution in [1.82, 2.24) is 19.6 Å². The first-order valence-corrected chi connectivity index (χ1v) is 9.58. The topological polar surface area (TPSA) is 62.8 Å². The molecule has 1 atom stereocenters. The number of rotatable bonds is 5. The Labute approximate surface area is 159 Å². The van der Waals surface area contributed by atoms with Gasteiger partial charge < -0.3 is 9.73 Å². The fourth-order valence-corrected chi connectivity index (χ4v) is 3.95. The summed E-state index contributed by atoms with van der Waals surface area (Å²) in [4.78, 5) is 19.7. The van der Waals surface area contributed by atoms with E-state index < -0.39 is 0 Å². The molecular weight excluding hydrogens is 340 g/mol. The number of nitrogens with zero attached hydrogens (tertiary/aromatic N) is 3. The summed E-state index contributed by atoms with van der Waals surface area (Å²) >= 11 is 0. The molecule has 1 saturated heterocycles. The number of pyridine rings is 1. The van der Waals surface area contributed by atoms with Gasteiger partial charge >= 0.3 is 0 Å². The maximum Gasteiger partial charge on any atom is 0.270 e. The number of aromatic nitrogens is 2. The highest BCUT2D eigenvalue weighted by Gasteiger charge is 2.23. The van der Waals surface area contributed by atoms with Crippen molar-refractivity contribution in [2.45, 2.75) is 33.2 Å². The molecule has 3 aromatic rings. The van der Waals surface area contributed by atoms with Crippen LogP contribution in [0, 0.1) is 19.8 Å². The third-order valence-electron chi connectivity index (χ3n) is 5.27. The predicted octanol–water partition coefficient (Wildman–Crippen LogP) is 3.19. The molecular formula is C21H26N4O2. The van der Waals surface area contributed by atoms with Gasteiger partial charge in [0.15, 0.2) is 0 Å². The Hall–Kier alpha value is -2.60. The Morgan fingerprint density at radius 2 is 2.22 bits per heavy atom. The number of aryl methyl sites for hydroxylation is 2. The summed E-state index contributed by atoms with van der Waals surface area (Å²) in [5.41, 5.74) is 3.32. The number of nitrogens with one attached hydrogen (secondary N) is 1. The van der Waals surface area contributed by atoms with E-state index in [9.17, 15) is 4.79 Å². The van der Waals surface area contributed by atoms with Gasteiger partial charge in [-0.05, 0) is 62.9 Å². The van der Waals surface area contributed by atoms with Crippen LogP contribution in [0.5, 0.6) is 0 Å². The number of likely N-dealkylation sites (tertiary alicyclic amines) is 1. The fourth-order valence-electron chi connectivity index (χ4n) is 3.95. The first-order valence-electron chi connectivity index (χ1n) is 9.58. The van der Waals surface area contributed by atoms with Gasteiger partial charge in [0.1, 0.15) is 17.1 Å². The van der Waals surface area contributed by atoms with Crippen LogP contribution in [0.3, 0.4) is 0 Å². The Morgan fingerprint density at radius 3 is 3.04 bits per heavy atom. The van der Waals surface area contributed by atoms with Gasteiger partial charge in [0.05, 0.1) is 18.5 Å². The minimum absolute atomic E-state index is 0.0474. The zero-order valence-electron chi connectivity index (χ0n) is 15.9. The van der Waals surface area contributed by atoms with E-state index in [0.717, 1.165) is 55.1 Å². The molecule has 6 nitrogen and oxygen atoms in total. The van der Waals surface area contributed by atoms with E-state index in [1.165, 1.54) is 0 Å². The van der Waals surface area contributed by atoms with Gasteiger partial charge in [0.25, 0.3) is 5.91 Å². The summed E-state index contributed by atoms with van der Waals surface area (Å²) in [6.45, 7) is 7.49. The van der Waals surface area contributed by atoms with Crippen LogP contribution >= 0.6 is 0 Å². The lowest BCUT2D eigenvalue weighted by molar-refractivity contribution is 0.0922. The number of carbonyl (C=O) groups is 1. The summed E-state index contributed by atoms with van der Waals surface area (Å²) in [7, 11) is 0. The number of furan rings is 1. The largest absolute Gasteiger partial charge is 0.468 e. The van der Waals surface area contributed by atoms with Crippen molar-refractivity contribution in [2.75, 3.05) is 19.6 Å². The highest BCUT2D eigenvalue weighted by atomic mass is 16.3. The van der Waals surface area contributed by atoms with E-state index in [4.69, 9.17) is 4.42 Å². The van der Waals surface area contributed by atoms with Crippen LogP contribution in [0.15, 0.2) is 41.1 Å². The Morgan fingerprint density at radius 1 is 1.33 bits per heavy atom. The number of hydrogen-bond donors (Lipinski definition) is 1. The van der Waals surface area contributed by atoms with Crippen LogP contribution in [0.2, 0.25) is 0 Å². The molecule has 4 heterocycles. The zero-order chi connectivity index (χ0) is 18.8. The van der Waals surface area contributed by atoms with Gasteiger partial charge in [-0.3, -0.25) is 14.1 Å². The number of amides is 1. The smallest absolute Gasteiger partial charge is 0.270 e. The van der Waals surface area contributed by atoms with Gasteiger partial charge in [-0.15, -0.1) is 0 Å². The normalized spacial score (nSPS) is 18.1. The van der Waals surface area contributed by atoms with E-state index in [1.54, 1.807) is 6.26 Å². The predicted molar refractivity (Wildman–Crippen MR) is 104 cm³/mol. The van der Waals surface area contributed by atoms with Gasteiger partial charge in [0, 0.05) is 19.3 Å². The third-order valence-corrected chi connectivity index (χ3v) is 5.27. The van der Waals surface area contributed by atoms with Crippen LogP contribution in [-0.2, 0) is 6.54 Å². The second-order valence-corrected chi connectivity index (χ2v) is 7.51. The molecule has 0 aromatic carbocycles. The van der Waals surface area contributed by atoms with Crippen LogP contribution in [-0.4, -0.2) is 39.8 Å². The summed E-state index contributed by atoms with van der Waals surface area (Å²) in [5, 5.41) is 3.14. The van der Waals surface area contributed by atoms with Crippen molar-refractivity contribution in [2.24, 2.45) is 5.92 Å². The average Bonchev–Trinajstić information content (AvgIpc) is 3.26. The molecule has 4 rings (SSSR count). The Kier molecular flexibility index (Phi) is 4.99.